The van der Waals surface area contributed by atoms with Crippen molar-refractivity contribution in [2.24, 2.45) is 5.73 Å². The number of carbonyl (C=O) groups excluding carboxylic acids is 2. The number of Topliss-reactive ketones (excluding diaryl/α,β-unsaturated/α-hetero) is 2. The molecule has 340 valence electrons. The number of imidazole rings is 2. The van der Waals surface area contributed by atoms with E-state index >= 15 is 0 Å². The summed E-state index contributed by atoms with van der Waals surface area (Å²) in [6.07, 6.45) is 0.873. The van der Waals surface area contributed by atoms with Crippen LogP contribution in [0.4, 0.5) is 28.9 Å². The van der Waals surface area contributed by atoms with Crippen LogP contribution in [0.5, 0.6) is 0 Å². The Labute approximate surface area is 371 Å². The minimum Gasteiger partial charge on any atom is -0.415 e. The van der Waals surface area contributed by atoms with Gasteiger partial charge in [-0.25, -0.2) is 35.6 Å². The van der Waals surface area contributed by atoms with Crippen LogP contribution in [0.25, 0.3) is 11.5 Å². The van der Waals surface area contributed by atoms with Crippen molar-refractivity contribution in [1.82, 2.24) is 29.3 Å². The van der Waals surface area contributed by atoms with Crippen molar-refractivity contribution in [3.63, 3.8) is 0 Å². The number of nitrogens with zero attached hydrogens (tertiary/aromatic N) is 8. The van der Waals surface area contributed by atoms with Crippen LogP contribution in [0.3, 0.4) is 0 Å². The Morgan fingerprint density at radius 1 is 0.692 bits per heavy atom. The number of aryl methyl sites for hydroxylation is 2. The molecule has 7 aromatic rings. The lowest BCUT2D eigenvalue weighted by Crippen LogP contribution is -2.34. The third-order valence-corrected chi connectivity index (χ3v) is 13.0. The van der Waals surface area contributed by atoms with Gasteiger partial charge in [-0.3, -0.25) is 18.2 Å². The molecule has 0 aliphatic heterocycles. The van der Waals surface area contributed by atoms with Gasteiger partial charge in [0.25, 0.3) is 5.89 Å². The third kappa shape index (κ3) is 12.6. The number of nitrogens with two attached hydrogens (primary N) is 1. The van der Waals surface area contributed by atoms with Crippen LogP contribution >= 0.6 is 0 Å². The Bertz CT molecular complexity index is 2850. The Kier molecular flexibility index (Phi) is 15.7. The number of para-hydroxylation sites is 2. The molecule has 3 aromatic heterocycles. The normalized spacial score (nSPS) is 11.6. The quantitative estimate of drug-likeness (QED) is 0.0649. The number of rotatable bonds is 20. The fourth-order valence-corrected chi connectivity index (χ4v) is 9.10. The molecular formula is C43H41F4N9O7S2. The zero-order valence-electron chi connectivity index (χ0n) is 34.2. The van der Waals surface area contributed by atoms with Gasteiger partial charge in [0, 0.05) is 36.6 Å². The topological polar surface area (TPSA) is 209 Å². The number of halogens is 4. The van der Waals surface area contributed by atoms with Gasteiger partial charge >= 0.3 is 12.9 Å². The number of hydrogen-bond acceptors (Lipinski definition) is 12. The molecule has 0 unspecified atom stereocenters. The molecular weight excluding hydrogens is 895 g/mol. The van der Waals surface area contributed by atoms with Crippen LogP contribution < -0.4 is 14.3 Å². The highest BCUT2D eigenvalue weighted by Gasteiger charge is 2.27. The number of carbonyl (C=O) groups is 2. The largest absolute Gasteiger partial charge is 0.415 e. The molecule has 3 heterocycles. The summed E-state index contributed by atoms with van der Waals surface area (Å²) in [4.78, 5) is 31.0. The smallest absolute Gasteiger partial charge is 0.314 e. The minimum absolute atomic E-state index is 0.0536. The van der Waals surface area contributed by atoms with Gasteiger partial charge in [0.05, 0.1) is 61.4 Å². The SMILES string of the molecule is NCC(=O)c1ccc(CN(c2ccccc2)S(=O)(=O)CCn2ccnc2)cc1.O=C(c1cncn1CCS(=O)(=O)N(Cc1ccc(-c2nnc(C(F)F)o2)cc1)c1ccccc1)C(F)F. The number of ketones is 2. The van der Waals surface area contributed by atoms with E-state index in [4.69, 9.17) is 10.2 Å². The maximum absolute atomic E-state index is 13.4. The Hall–Kier alpha value is -7.04. The van der Waals surface area contributed by atoms with Crippen molar-refractivity contribution in [1.29, 1.82) is 0 Å². The van der Waals surface area contributed by atoms with Gasteiger partial charge in [-0.1, -0.05) is 72.8 Å². The monoisotopic (exact) mass is 935 g/mol. The number of alkyl halides is 4. The van der Waals surface area contributed by atoms with Crippen LogP contribution in [0.1, 0.15) is 44.3 Å². The van der Waals surface area contributed by atoms with Gasteiger partial charge in [-0.15, -0.1) is 10.2 Å². The molecule has 0 radical (unpaired) electrons. The number of anilines is 2. The van der Waals surface area contributed by atoms with Crippen molar-refractivity contribution < 1.29 is 48.4 Å². The van der Waals surface area contributed by atoms with E-state index in [0.29, 0.717) is 34.6 Å². The molecule has 22 heteroatoms. The molecule has 2 N–H and O–H groups in total. The molecule has 0 saturated carbocycles. The minimum atomic E-state index is -4.02. The molecule has 0 bridgehead atoms. The predicted molar refractivity (Wildman–Crippen MR) is 232 cm³/mol. The first-order valence-electron chi connectivity index (χ1n) is 19.6. The standard InChI is InChI=1S/C23H19F4N5O4S.C20H22N4O3S/c24-20(25)19(33)18-12-28-14-31(18)10-11-37(34,35)32(17-4-2-1-3-5-17)13-15-6-8-16(9-7-15)22-29-30-23(36-22)21(26)27;21-14-20(25)18-8-6-17(7-9-18)15-24(19-4-2-1-3-5-19)28(26,27)13-12-23-11-10-22-16-23/h1-9,12,14,20-21H,10-11,13H2;1-11,16H,12-15,21H2. The van der Waals surface area contributed by atoms with E-state index in [0.717, 1.165) is 27.0 Å². The van der Waals surface area contributed by atoms with E-state index in [1.54, 1.807) is 114 Å². The van der Waals surface area contributed by atoms with E-state index in [2.05, 4.69) is 20.2 Å². The molecule has 0 saturated heterocycles. The molecule has 7 rings (SSSR count). The van der Waals surface area contributed by atoms with Crippen molar-refractivity contribution in [2.45, 2.75) is 39.0 Å². The van der Waals surface area contributed by atoms with E-state index in [1.165, 1.54) is 16.4 Å². The average Bonchev–Trinajstić information content (AvgIpc) is 4.13. The van der Waals surface area contributed by atoms with E-state index < -0.39 is 50.3 Å². The fourth-order valence-electron chi connectivity index (χ4n) is 6.22. The second-order valence-electron chi connectivity index (χ2n) is 14.0. The first-order valence-corrected chi connectivity index (χ1v) is 22.8. The summed E-state index contributed by atoms with van der Waals surface area (Å²) >= 11 is 0. The second kappa shape index (κ2) is 21.6. The maximum Gasteiger partial charge on any atom is 0.314 e. The maximum atomic E-state index is 13.4. The molecule has 0 aliphatic carbocycles. The summed E-state index contributed by atoms with van der Waals surface area (Å²) in [7, 11) is -7.60. The Balaban J connectivity index is 0.000000224. The van der Waals surface area contributed by atoms with Crippen LogP contribution in [0.2, 0.25) is 0 Å². The summed E-state index contributed by atoms with van der Waals surface area (Å²) < 4.78 is 114. The zero-order valence-corrected chi connectivity index (χ0v) is 35.9. The first-order chi connectivity index (χ1) is 31.1. The van der Waals surface area contributed by atoms with Gasteiger partial charge in [0.2, 0.25) is 31.7 Å². The number of aromatic nitrogens is 6. The molecule has 0 spiro atoms. The van der Waals surface area contributed by atoms with E-state index in [9.17, 15) is 44.0 Å². The first kappa shape index (κ1) is 47.4. The van der Waals surface area contributed by atoms with Crippen molar-refractivity contribution in [3.05, 3.63) is 169 Å². The Morgan fingerprint density at radius 3 is 1.74 bits per heavy atom. The number of hydrogen-bond donors (Lipinski definition) is 1. The molecule has 65 heavy (non-hydrogen) atoms. The summed E-state index contributed by atoms with van der Waals surface area (Å²) in [6, 6.07) is 30.3. The van der Waals surface area contributed by atoms with Crippen molar-refractivity contribution in [3.8, 4) is 11.5 Å². The van der Waals surface area contributed by atoms with Gasteiger partial charge in [0.1, 0.15) is 5.69 Å². The van der Waals surface area contributed by atoms with Crippen molar-refractivity contribution in [2.75, 3.05) is 26.7 Å². The van der Waals surface area contributed by atoms with Gasteiger partial charge < -0.3 is 19.3 Å². The van der Waals surface area contributed by atoms with Crippen LogP contribution in [0, 0.1) is 0 Å². The van der Waals surface area contributed by atoms with Gasteiger partial charge in [0.15, 0.2) is 5.78 Å². The van der Waals surface area contributed by atoms with Crippen LogP contribution in [-0.2, 0) is 46.2 Å². The molecule has 0 amide bonds. The highest BCUT2D eigenvalue weighted by molar-refractivity contribution is 7.93. The third-order valence-electron chi connectivity index (χ3n) is 9.62. The summed E-state index contributed by atoms with van der Waals surface area (Å²) in [6.45, 7) is 0.0641. The highest BCUT2D eigenvalue weighted by atomic mass is 32.2. The lowest BCUT2D eigenvalue weighted by atomic mass is 10.1. The molecule has 4 aromatic carbocycles. The van der Waals surface area contributed by atoms with E-state index in [-0.39, 0.29) is 49.3 Å². The lowest BCUT2D eigenvalue weighted by Gasteiger charge is -2.25. The van der Waals surface area contributed by atoms with E-state index in [1.807, 2.05) is 6.07 Å². The number of sulfonamides is 2. The van der Waals surface area contributed by atoms with Crippen molar-refractivity contribution >= 4 is 43.0 Å². The van der Waals surface area contributed by atoms with Gasteiger partial charge in [-0.2, -0.15) is 8.78 Å². The molecule has 0 fully saturated rings. The molecule has 0 aliphatic rings. The summed E-state index contributed by atoms with van der Waals surface area (Å²) in [5, 5.41) is 6.86. The predicted octanol–water partition coefficient (Wildman–Crippen LogP) is 6.42. The highest BCUT2D eigenvalue weighted by Crippen LogP contribution is 2.26. The molecule has 0 atom stereocenters. The van der Waals surface area contributed by atoms with Crippen LogP contribution in [0.15, 0.2) is 145 Å². The zero-order chi connectivity index (χ0) is 46.6. The Morgan fingerprint density at radius 2 is 1.25 bits per heavy atom. The fraction of sp³-hybridized carbons (Fsp3) is 0.209. The van der Waals surface area contributed by atoms with Gasteiger partial charge in [-0.05, 0) is 47.5 Å². The summed E-state index contributed by atoms with van der Waals surface area (Å²) in [5.41, 5.74) is 8.17. The lowest BCUT2D eigenvalue weighted by molar-refractivity contribution is 0.0668. The average molecular weight is 936 g/mol. The summed E-state index contributed by atoms with van der Waals surface area (Å²) in [5.74, 6) is -3.07. The number of benzene rings is 4. The second-order valence-corrected chi connectivity index (χ2v) is 18.0. The van der Waals surface area contributed by atoms with Crippen LogP contribution in [-0.4, -0.2) is 82.2 Å². The molecule has 16 nitrogen and oxygen atoms in total.